The van der Waals surface area contributed by atoms with Gasteiger partial charge < -0.3 is 19.7 Å². The quantitative estimate of drug-likeness (QED) is 0.881. The van der Waals surface area contributed by atoms with Gasteiger partial charge in [0.2, 0.25) is 0 Å². The summed E-state index contributed by atoms with van der Waals surface area (Å²) in [6.07, 6.45) is -0.513. The fraction of sp³-hybridized carbons (Fsp3) is 0.250. The van der Waals surface area contributed by atoms with Crippen LogP contribution < -0.4 is 9.47 Å². The first-order valence-electron chi connectivity index (χ1n) is 6.48. The highest BCUT2D eigenvalue weighted by Gasteiger charge is 2.30. The summed E-state index contributed by atoms with van der Waals surface area (Å²) < 4.78 is 11.1. The van der Waals surface area contributed by atoms with Crippen LogP contribution in [-0.2, 0) is 6.42 Å². The van der Waals surface area contributed by atoms with Crippen molar-refractivity contribution in [3.63, 3.8) is 0 Å². The van der Waals surface area contributed by atoms with E-state index in [0.29, 0.717) is 6.42 Å². The fourth-order valence-corrected chi connectivity index (χ4v) is 2.44. The SMILES string of the molecule is COc1ccc2c(c1)O[C@H](c1ccc(O)cc1)[C@H](O)C2. The molecule has 104 valence electrons. The Morgan fingerprint density at radius 3 is 2.60 bits per heavy atom. The molecule has 3 rings (SSSR count). The van der Waals surface area contributed by atoms with Crippen LogP contribution in [0.4, 0.5) is 0 Å². The highest BCUT2D eigenvalue weighted by Crippen LogP contribution is 2.37. The van der Waals surface area contributed by atoms with Crippen molar-refractivity contribution in [2.45, 2.75) is 18.6 Å². The number of aliphatic hydroxyl groups is 1. The summed E-state index contributed by atoms with van der Waals surface area (Å²) >= 11 is 0. The summed E-state index contributed by atoms with van der Waals surface area (Å²) in [5, 5.41) is 19.6. The van der Waals surface area contributed by atoms with Crippen LogP contribution in [-0.4, -0.2) is 23.4 Å². The maximum atomic E-state index is 10.2. The van der Waals surface area contributed by atoms with E-state index in [0.717, 1.165) is 22.6 Å². The monoisotopic (exact) mass is 272 g/mol. The molecular weight excluding hydrogens is 256 g/mol. The van der Waals surface area contributed by atoms with Gasteiger partial charge in [0, 0.05) is 12.5 Å². The molecular formula is C16H16O4. The molecule has 0 unspecified atom stereocenters. The Morgan fingerprint density at radius 1 is 1.15 bits per heavy atom. The van der Waals surface area contributed by atoms with Crippen molar-refractivity contribution < 1.29 is 19.7 Å². The average molecular weight is 272 g/mol. The average Bonchev–Trinajstić information content (AvgIpc) is 2.47. The molecule has 0 fully saturated rings. The normalized spacial score (nSPS) is 20.9. The number of ether oxygens (including phenoxy) is 2. The number of hydrogen-bond donors (Lipinski definition) is 2. The molecule has 0 saturated carbocycles. The molecule has 0 amide bonds. The molecule has 1 aliphatic heterocycles. The van der Waals surface area contributed by atoms with E-state index >= 15 is 0 Å². The van der Waals surface area contributed by atoms with E-state index < -0.39 is 12.2 Å². The zero-order valence-corrected chi connectivity index (χ0v) is 11.1. The molecule has 4 heteroatoms. The Hall–Kier alpha value is -2.20. The Kier molecular flexibility index (Phi) is 3.24. The van der Waals surface area contributed by atoms with Crippen LogP contribution in [0.3, 0.4) is 0 Å². The second-order valence-electron chi connectivity index (χ2n) is 4.88. The zero-order chi connectivity index (χ0) is 14.1. The standard InChI is InChI=1S/C16H16O4/c1-19-13-7-4-11-8-14(18)16(20-15(11)9-13)10-2-5-12(17)6-3-10/h2-7,9,14,16-18H,8H2,1H3/t14-,16-/m1/s1. The van der Waals surface area contributed by atoms with Gasteiger partial charge in [-0.3, -0.25) is 0 Å². The smallest absolute Gasteiger partial charge is 0.150 e. The van der Waals surface area contributed by atoms with E-state index in [2.05, 4.69) is 0 Å². The first-order valence-corrected chi connectivity index (χ1v) is 6.48. The van der Waals surface area contributed by atoms with Crippen LogP contribution in [0.15, 0.2) is 42.5 Å². The van der Waals surface area contributed by atoms with E-state index in [9.17, 15) is 10.2 Å². The number of rotatable bonds is 2. The molecule has 20 heavy (non-hydrogen) atoms. The maximum Gasteiger partial charge on any atom is 0.150 e. The van der Waals surface area contributed by atoms with Gasteiger partial charge in [-0.25, -0.2) is 0 Å². The Morgan fingerprint density at radius 2 is 1.90 bits per heavy atom. The highest BCUT2D eigenvalue weighted by molar-refractivity contribution is 5.43. The predicted molar refractivity (Wildman–Crippen MR) is 74.2 cm³/mol. The van der Waals surface area contributed by atoms with Crippen molar-refractivity contribution in [1.29, 1.82) is 0 Å². The van der Waals surface area contributed by atoms with Crippen LogP contribution in [0.25, 0.3) is 0 Å². The van der Waals surface area contributed by atoms with Crippen molar-refractivity contribution in [3.8, 4) is 17.2 Å². The number of hydrogen-bond acceptors (Lipinski definition) is 4. The number of methoxy groups -OCH3 is 1. The van der Waals surface area contributed by atoms with Gasteiger partial charge in [-0.15, -0.1) is 0 Å². The molecule has 1 aliphatic rings. The molecule has 0 aliphatic carbocycles. The lowest BCUT2D eigenvalue weighted by Gasteiger charge is -2.31. The molecule has 4 nitrogen and oxygen atoms in total. The van der Waals surface area contributed by atoms with Gasteiger partial charge in [0.25, 0.3) is 0 Å². The lowest BCUT2D eigenvalue weighted by Crippen LogP contribution is -2.30. The van der Waals surface area contributed by atoms with Crippen molar-refractivity contribution in [2.24, 2.45) is 0 Å². The van der Waals surface area contributed by atoms with E-state index in [4.69, 9.17) is 9.47 Å². The first kappa shape index (κ1) is 12.8. The minimum atomic E-state index is -0.611. The summed E-state index contributed by atoms with van der Waals surface area (Å²) in [5.74, 6) is 1.65. The Bertz CT molecular complexity index is 606. The molecule has 1 heterocycles. The molecule has 0 spiro atoms. The number of benzene rings is 2. The molecule has 0 radical (unpaired) electrons. The number of phenols is 1. The van der Waals surface area contributed by atoms with Gasteiger partial charge in [-0.1, -0.05) is 18.2 Å². The molecule has 0 saturated heterocycles. The highest BCUT2D eigenvalue weighted by atomic mass is 16.5. The zero-order valence-electron chi connectivity index (χ0n) is 11.1. The first-order chi connectivity index (χ1) is 9.67. The Labute approximate surface area is 117 Å². The van der Waals surface area contributed by atoms with Gasteiger partial charge in [0.05, 0.1) is 13.2 Å². The number of phenolic OH excluding ortho intramolecular Hbond substituents is 1. The van der Waals surface area contributed by atoms with Crippen LogP contribution >= 0.6 is 0 Å². The van der Waals surface area contributed by atoms with Crippen LogP contribution in [0.2, 0.25) is 0 Å². The fourth-order valence-electron chi connectivity index (χ4n) is 2.44. The second kappa shape index (κ2) is 5.06. The third-order valence-electron chi connectivity index (χ3n) is 3.53. The van der Waals surface area contributed by atoms with Crippen LogP contribution in [0.1, 0.15) is 17.2 Å². The summed E-state index contributed by atoms with van der Waals surface area (Å²) in [7, 11) is 1.61. The van der Waals surface area contributed by atoms with Crippen LogP contribution in [0, 0.1) is 0 Å². The van der Waals surface area contributed by atoms with Crippen molar-refractivity contribution in [1.82, 2.24) is 0 Å². The summed E-state index contributed by atoms with van der Waals surface area (Å²) in [5.41, 5.74) is 1.80. The third-order valence-corrected chi connectivity index (χ3v) is 3.53. The molecule has 2 aromatic carbocycles. The van der Waals surface area contributed by atoms with Gasteiger partial charge in [-0.05, 0) is 29.3 Å². The van der Waals surface area contributed by atoms with Crippen molar-refractivity contribution >= 4 is 0 Å². The number of aromatic hydroxyl groups is 1. The lowest BCUT2D eigenvalue weighted by atomic mass is 9.94. The topological polar surface area (TPSA) is 58.9 Å². The summed E-state index contributed by atoms with van der Waals surface area (Å²) in [6.45, 7) is 0. The number of fused-ring (bicyclic) bond motifs is 1. The van der Waals surface area contributed by atoms with Gasteiger partial charge in [0.1, 0.15) is 23.4 Å². The van der Waals surface area contributed by atoms with Gasteiger partial charge in [0.15, 0.2) is 0 Å². The molecule has 0 aromatic heterocycles. The van der Waals surface area contributed by atoms with E-state index in [1.807, 2.05) is 18.2 Å². The maximum absolute atomic E-state index is 10.2. The van der Waals surface area contributed by atoms with E-state index in [1.54, 1.807) is 31.4 Å². The minimum Gasteiger partial charge on any atom is -0.508 e. The predicted octanol–water partition coefficient (Wildman–Crippen LogP) is 2.44. The van der Waals surface area contributed by atoms with Crippen LogP contribution in [0.5, 0.6) is 17.2 Å². The van der Waals surface area contributed by atoms with Crippen molar-refractivity contribution in [2.75, 3.05) is 7.11 Å². The second-order valence-corrected chi connectivity index (χ2v) is 4.88. The molecule has 2 atom stereocenters. The van der Waals surface area contributed by atoms with E-state index in [1.165, 1.54) is 0 Å². The molecule has 0 bridgehead atoms. The van der Waals surface area contributed by atoms with Crippen molar-refractivity contribution in [3.05, 3.63) is 53.6 Å². The van der Waals surface area contributed by atoms with Gasteiger partial charge in [-0.2, -0.15) is 0 Å². The van der Waals surface area contributed by atoms with Gasteiger partial charge >= 0.3 is 0 Å². The molecule has 2 N–H and O–H groups in total. The summed E-state index contributed by atoms with van der Waals surface area (Å²) in [4.78, 5) is 0. The lowest BCUT2D eigenvalue weighted by molar-refractivity contribution is 0.0206. The van der Waals surface area contributed by atoms with E-state index in [-0.39, 0.29) is 5.75 Å². The molecule has 2 aromatic rings. The Balaban J connectivity index is 1.92. The third kappa shape index (κ3) is 2.30. The summed E-state index contributed by atoms with van der Waals surface area (Å²) in [6, 6.07) is 12.3. The largest absolute Gasteiger partial charge is 0.508 e. The minimum absolute atomic E-state index is 0.195. The number of aliphatic hydroxyl groups excluding tert-OH is 1.